The molecule has 0 saturated carbocycles. The average Bonchev–Trinajstić information content (AvgIpc) is 2.29. The van der Waals surface area contributed by atoms with Crippen LogP contribution in [0.25, 0.3) is 0 Å². The first kappa shape index (κ1) is 16.0. The van der Waals surface area contributed by atoms with Gasteiger partial charge in [0.15, 0.2) is 0 Å². The zero-order valence-corrected chi connectivity index (χ0v) is 10.3. The molecule has 0 aliphatic rings. The van der Waals surface area contributed by atoms with Crippen molar-refractivity contribution in [3.8, 4) is 0 Å². The summed E-state index contributed by atoms with van der Waals surface area (Å²) < 4.78 is 35.6. The number of rotatable bonds is 6. The minimum absolute atomic E-state index is 0.272. The molecule has 0 atom stereocenters. The van der Waals surface area contributed by atoms with Gasteiger partial charge in [-0.15, -0.1) is 0 Å². The summed E-state index contributed by atoms with van der Waals surface area (Å²) in [7, 11) is 0. The van der Waals surface area contributed by atoms with Crippen molar-refractivity contribution in [2.75, 3.05) is 18.4 Å². The molecule has 0 aliphatic carbocycles. The summed E-state index contributed by atoms with van der Waals surface area (Å²) in [5, 5.41) is 13.0. The summed E-state index contributed by atoms with van der Waals surface area (Å²) in [6.07, 6.45) is -4.67. The van der Waals surface area contributed by atoms with Crippen molar-refractivity contribution in [2.45, 2.75) is 12.6 Å². The molecule has 5 nitrogen and oxygen atoms in total. The van der Waals surface area contributed by atoms with E-state index >= 15 is 0 Å². The molecule has 0 bridgehead atoms. The number of nitrogens with one attached hydrogen (secondary N) is 2. The second-order valence-electron chi connectivity index (χ2n) is 3.99. The summed E-state index contributed by atoms with van der Waals surface area (Å²) in [6, 6.07) is 6.20. The van der Waals surface area contributed by atoms with Crippen LogP contribution in [0.5, 0.6) is 0 Å². The van der Waals surface area contributed by atoms with E-state index in [0.717, 1.165) is 0 Å². The highest BCUT2D eigenvalue weighted by Crippen LogP contribution is 2.15. The number of benzene rings is 1. The molecule has 20 heavy (non-hydrogen) atoms. The van der Waals surface area contributed by atoms with Crippen molar-refractivity contribution in [3.05, 3.63) is 29.8 Å². The molecule has 0 saturated heterocycles. The van der Waals surface area contributed by atoms with E-state index in [2.05, 4.69) is 5.32 Å². The number of alkyl halides is 3. The molecule has 110 valence electrons. The van der Waals surface area contributed by atoms with Gasteiger partial charge in [0, 0.05) is 5.69 Å². The van der Waals surface area contributed by atoms with Gasteiger partial charge in [0.25, 0.3) is 0 Å². The SMILES string of the molecule is O=C(O)Cc1ccccc1NC(=O)CNCC(F)(F)F. The van der Waals surface area contributed by atoms with E-state index in [-0.39, 0.29) is 12.1 Å². The fourth-order valence-electron chi connectivity index (χ4n) is 1.47. The summed E-state index contributed by atoms with van der Waals surface area (Å²) >= 11 is 0. The summed E-state index contributed by atoms with van der Waals surface area (Å²) in [6.45, 7) is -1.78. The lowest BCUT2D eigenvalue weighted by atomic mass is 10.1. The van der Waals surface area contributed by atoms with Crippen LogP contribution in [0.15, 0.2) is 24.3 Å². The maximum atomic E-state index is 11.9. The Bertz CT molecular complexity index is 489. The Labute approximate surface area is 112 Å². The lowest BCUT2D eigenvalue weighted by molar-refractivity contribution is -0.136. The Hall–Kier alpha value is -2.09. The lowest BCUT2D eigenvalue weighted by Gasteiger charge is -2.11. The number of carbonyl (C=O) groups is 2. The summed E-state index contributed by atoms with van der Waals surface area (Å²) in [5.74, 6) is -1.74. The number of carbonyl (C=O) groups excluding carboxylic acids is 1. The monoisotopic (exact) mass is 290 g/mol. The first-order valence-electron chi connectivity index (χ1n) is 5.65. The third-order valence-corrected chi connectivity index (χ3v) is 2.24. The van der Waals surface area contributed by atoms with Crippen LogP contribution in [0.1, 0.15) is 5.56 Å². The molecule has 0 radical (unpaired) electrons. The van der Waals surface area contributed by atoms with Crippen molar-refractivity contribution in [2.24, 2.45) is 0 Å². The number of amides is 1. The highest BCUT2D eigenvalue weighted by molar-refractivity contribution is 5.93. The topological polar surface area (TPSA) is 78.4 Å². The molecule has 3 N–H and O–H groups in total. The predicted molar refractivity (Wildman–Crippen MR) is 65.3 cm³/mol. The first-order chi connectivity index (χ1) is 9.28. The third-order valence-electron chi connectivity index (χ3n) is 2.24. The van der Waals surface area contributed by atoms with Gasteiger partial charge in [-0.25, -0.2) is 0 Å². The van der Waals surface area contributed by atoms with Crippen LogP contribution >= 0.6 is 0 Å². The largest absolute Gasteiger partial charge is 0.481 e. The number of halogens is 3. The molecular formula is C12H13F3N2O3. The van der Waals surface area contributed by atoms with E-state index in [1.54, 1.807) is 12.1 Å². The average molecular weight is 290 g/mol. The molecule has 0 fully saturated rings. The minimum Gasteiger partial charge on any atom is -0.481 e. The standard InChI is InChI=1S/C12H13F3N2O3/c13-12(14,15)7-16-6-10(18)17-9-4-2-1-3-8(9)5-11(19)20/h1-4,16H,5-7H2,(H,17,18)(H,19,20). The van der Waals surface area contributed by atoms with E-state index in [0.29, 0.717) is 5.56 Å². The number of aliphatic carboxylic acids is 1. The number of carboxylic acid groups (broad SMARTS) is 1. The van der Waals surface area contributed by atoms with Crippen LogP contribution in [-0.4, -0.2) is 36.2 Å². The van der Waals surface area contributed by atoms with Gasteiger partial charge in [0.05, 0.1) is 19.5 Å². The van der Waals surface area contributed by atoms with Crippen molar-refractivity contribution in [1.82, 2.24) is 5.32 Å². The van der Waals surface area contributed by atoms with Gasteiger partial charge >= 0.3 is 12.1 Å². The van der Waals surface area contributed by atoms with Crippen molar-refractivity contribution in [3.63, 3.8) is 0 Å². The van der Waals surface area contributed by atoms with E-state index in [1.807, 2.05) is 5.32 Å². The molecule has 0 heterocycles. The lowest BCUT2D eigenvalue weighted by Crippen LogP contribution is -2.35. The molecule has 1 aromatic rings. The van der Waals surface area contributed by atoms with Gasteiger partial charge in [0.2, 0.25) is 5.91 Å². The second-order valence-corrected chi connectivity index (χ2v) is 3.99. The van der Waals surface area contributed by atoms with Crippen LogP contribution < -0.4 is 10.6 Å². The fraction of sp³-hybridized carbons (Fsp3) is 0.333. The van der Waals surface area contributed by atoms with Crippen LogP contribution in [0, 0.1) is 0 Å². The molecule has 0 unspecified atom stereocenters. The fourth-order valence-corrected chi connectivity index (χ4v) is 1.47. The molecule has 8 heteroatoms. The van der Waals surface area contributed by atoms with Crippen molar-refractivity contribution < 1.29 is 27.9 Å². The van der Waals surface area contributed by atoms with Crippen LogP contribution in [0.3, 0.4) is 0 Å². The van der Waals surface area contributed by atoms with Gasteiger partial charge in [0.1, 0.15) is 0 Å². The molecule has 1 amide bonds. The quantitative estimate of drug-likeness (QED) is 0.740. The number of para-hydroxylation sites is 1. The molecule has 1 aromatic carbocycles. The van der Waals surface area contributed by atoms with E-state index in [1.165, 1.54) is 12.1 Å². The Morgan fingerprint density at radius 1 is 1.20 bits per heavy atom. The van der Waals surface area contributed by atoms with Gasteiger partial charge in [-0.3, -0.25) is 9.59 Å². The summed E-state index contributed by atoms with van der Waals surface area (Å²) in [4.78, 5) is 22.1. The Kier molecular flexibility index (Phi) is 5.51. The number of hydrogen-bond acceptors (Lipinski definition) is 3. The minimum atomic E-state index is -4.39. The van der Waals surface area contributed by atoms with E-state index in [9.17, 15) is 22.8 Å². The Morgan fingerprint density at radius 2 is 1.85 bits per heavy atom. The molecule has 1 rings (SSSR count). The van der Waals surface area contributed by atoms with Crippen LogP contribution in [0.2, 0.25) is 0 Å². The van der Waals surface area contributed by atoms with Crippen molar-refractivity contribution in [1.29, 1.82) is 0 Å². The Morgan fingerprint density at radius 3 is 2.45 bits per heavy atom. The number of carboxylic acids is 1. The maximum absolute atomic E-state index is 11.9. The zero-order valence-electron chi connectivity index (χ0n) is 10.3. The predicted octanol–water partition coefficient (Wildman–Crippen LogP) is 1.40. The Balaban J connectivity index is 2.55. The summed E-state index contributed by atoms with van der Waals surface area (Å²) in [5.41, 5.74) is 0.651. The molecule has 0 aromatic heterocycles. The van der Waals surface area contributed by atoms with E-state index in [4.69, 9.17) is 5.11 Å². The van der Waals surface area contributed by atoms with Gasteiger partial charge < -0.3 is 15.7 Å². The second kappa shape index (κ2) is 6.90. The molecule has 0 spiro atoms. The normalized spacial score (nSPS) is 11.2. The molecule has 0 aliphatic heterocycles. The van der Waals surface area contributed by atoms with Crippen LogP contribution in [-0.2, 0) is 16.0 Å². The number of hydrogen-bond donors (Lipinski definition) is 3. The van der Waals surface area contributed by atoms with Gasteiger partial charge in [-0.2, -0.15) is 13.2 Å². The number of anilines is 1. The third kappa shape index (κ3) is 6.19. The maximum Gasteiger partial charge on any atom is 0.401 e. The smallest absolute Gasteiger partial charge is 0.401 e. The highest BCUT2D eigenvalue weighted by Gasteiger charge is 2.26. The zero-order chi connectivity index (χ0) is 15.2. The van der Waals surface area contributed by atoms with Gasteiger partial charge in [-0.1, -0.05) is 18.2 Å². The first-order valence-corrected chi connectivity index (χ1v) is 5.65. The van der Waals surface area contributed by atoms with Crippen molar-refractivity contribution >= 4 is 17.6 Å². The van der Waals surface area contributed by atoms with E-state index < -0.39 is 31.1 Å². The van der Waals surface area contributed by atoms with Crippen LogP contribution in [0.4, 0.5) is 18.9 Å². The van der Waals surface area contributed by atoms with Gasteiger partial charge in [-0.05, 0) is 11.6 Å². The highest BCUT2D eigenvalue weighted by atomic mass is 19.4. The molecular weight excluding hydrogens is 277 g/mol.